The molecule has 19 heteroatoms. The summed E-state index contributed by atoms with van der Waals surface area (Å²) in [5.41, 5.74) is 0. The van der Waals surface area contributed by atoms with Crippen LogP contribution in [0.2, 0.25) is 0 Å². The van der Waals surface area contributed by atoms with Crippen molar-refractivity contribution < 1.29 is 89.4 Å². The molecule has 3 aliphatic heterocycles. The summed E-state index contributed by atoms with van der Waals surface area (Å²) in [4.78, 5) is 13.4. The molecule has 3 aliphatic rings. The Morgan fingerprint density at radius 3 is 1.14 bits per heavy atom. The molecule has 17 unspecified atom stereocenters. The van der Waals surface area contributed by atoms with Crippen molar-refractivity contribution in [2.75, 3.05) is 26.4 Å². The van der Waals surface area contributed by atoms with Gasteiger partial charge in [-0.1, -0.05) is 258 Å². The van der Waals surface area contributed by atoms with E-state index in [0.717, 1.165) is 83.5 Å². The Balaban J connectivity index is 1.34. The summed E-state index contributed by atoms with van der Waals surface area (Å²) in [6.07, 6.45) is 53.7. The molecule has 12 N–H and O–H groups in total. The maximum Gasteiger partial charge on any atom is 0.220 e. The molecule has 0 aromatic carbocycles. The monoisotopic (exact) mass is 1390 g/mol. The highest BCUT2D eigenvalue weighted by atomic mass is 16.8. The second-order valence-electron chi connectivity index (χ2n) is 26.7. The summed E-state index contributed by atoms with van der Waals surface area (Å²) in [5, 5.41) is 121. The molecule has 1 amide bonds. The van der Waals surface area contributed by atoms with E-state index in [1.165, 1.54) is 135 Å². The van der Waals surface area contributed by atoms with Gasteiger partial charge in [0.1, 0.15) is 73.2 Å². The van der Waals surface area contributed by atoms with Gasteiger partial charge in [0.2, 0.25) is 5.91 Å². The summed E-state index contributed by atoms with van der Waals surface area (Å²) in [5.74, 6) is -0.291. The van der Waals surface area contributed by atoms with Crippen LogP contribution in [0.15, 0.2) is 109 Å². The normalized spacial score (nSPS) is 27.4. The zero-order chi connectivity index (χ0) is 71.1. The van der Waals surface area contributed by atoms with Gasteiger partial charge in [-0.15, -0.1) is 0 Å². The smallest absolute Gasteiger partial charge is 0.220 e. The SMILES string of the molecule is CC/C=C\C/C=C\C/C=C\C/C=C\C/C=C\C/C=C\CCCCCCCCCCCCCCCCCCCCC(=O)NC(COC1OC(CO)C(OC2OC(CO)C(OC3OC(CO)C(O)C(O)C3O)C(O)C2O)C(O)C1O)C(O)/C=C/CC/C=C/CC/C=C/CCCCCCCC. The fourth-order valence-corrected chi connectivity index (χ4v) is 12.2. The Morgan fingerprint density at radius 1 is 0.378 bits per heavy atom. The third-order valence-electron chi connectivity index (χ3n) is 18.3. The number of aliphatic hydroxyl groups is 11. The first-order chi connectivity index (χ1) is 47.8. The number of aliphatic hydroxyl groups excluding tert-OH is 11. The molecule has 0 aliphatic carbocycles. The molecule has 0 saturated carbocycles. The lowest BCUT2D eigenvalue weighted by molar-refractivity contribution is -0.379. The Kier molecular flexibility index (Phi) is 53.3. The number of carbonyl (C=O) groups excluding carboxylic acids is 1. The summed E-state index contributed by atoms with van der Waals surface area (Å²) < 4.78 is 34.3. The van der Waals surface area contributed by atoms with Crippen molar-refractivity contribution in [1.82, 2.24) is 5.32 Å². The van der Waals surface area contributed by atoms with Crippen LogP contribution in [0.4, 0.5) is 0 Å². The van der Waals surface area contributed by atoms with Gasteiger partial charge in [-0.25, -0.2) is 0 Å². The van der Waals surface area contributed by atoms with Gasteiger partial charge in [-0.05, 0) is 96.3 Å². The van der Waals surface area contributed by atoms with E-state index in [1.54, 1.807) is 6.08 Å². The van der Waals surface area contributed by atoms with Crippen molar-refractivity contribution in [3.63, 3.8) is 0 Å². The van der Waals surface area contributed by atoms with Crippen LogP contribution >= 0.6 is 0 Å². The van der Waals surface area contributed by atoms with Gasteiger partial charge < -0.3 is 89.9 Å². The quantitative estimate of drug-likeness (QED) is 0.0199. The number of unbranched alkanes of at least 4 members (excludes halogenated alkanes) is 26. The highest BCUT2D eigenvalue weighted by molar-refractivity contribution is 5.76. The number of hydrogen-bond donors (Lipinski definition) is 12. The van der Waals surface area contributed by atoms with Crippen molar-refractivity contribution in [3.05, 3.63) is 109 Å². The predicted molar refractivity (Wildman–Crippen MR) is 387 cm³/mol. The van der Waals surface area contributed by atoms with Gasteiger partial charge in [0, 0.05) is 6.42 Å². The zero-order valence-electron chi connectivity index (χ0n) is 60.0. The third kappa shape index (κ3) is 39.2. The maximum atomic E-state index is 13.4. The average Bonchev–Trinajstić information content (AvgIpc) is 0.784. The molecule has 0 radical (unpaired) electrons. The van der Waals surface area contributed by atoms with Gasteiger partial charge in [0.05, 0.1) is 38.6 Å². The van der Waals surface area contributed by atoms with Crippen LogP contribution in [-0.2, 0) is 33.2 Å². The van der Waals surface area contributed by atoms with Crippen molar-refractivity contribution in [2.45, 2.75) is 356 Å². The third-order valence-corrected chi connectivity index (χ3v) is 18.3. The summed E-state index contributed by atoms with van der Waals surface area (Å²) >= 11 is 0. The summed E-state index contributed by atoms with van der Waals surface area (Å²) in [7, 11) is 0. The number of hydrogen-bond acceptors (Lipinski definition) is 18. The topological polar surface area (TPSA) is 307 Å². The Labute approximate surface area is 589 Å². The second-order valence-corrected chi connectivity index (χ2v) is 26.7. The molecule has 19 nitrogen and oxygen atoms in total. The molecule has 0 aromatic rings. The summed E-state index contributed by atoms with van der Waals surface area (Å²) in [6, 6.07) is -1.00. The van der Waals surface area contributed by atoms with Gasteiger partial charge in [0.25, 0.3) is 0 Å². The van der Waals surface area contributed by atoms with Crippen LogP contribution in [0.25, 0.3) is 0 Å². The van der Waals surface area contributed by atoms with Gasteiger partial charge in [0.15, 0.2) is 18.9 Å². The molecule has 17 atom stereocenters. The minimum Gasteiger partial charge on any atom is -0.394 e. The minimum atomic E-state index is -1.99. The fourth-order valence-electron chi connectivity index (χ4n) is 12.2. The molecule has 3 heterocycles. The van der Waals surface area contributed by atoms with E-state index >= 15 is 0 Å². The van der Waals surface area contributed by atoms with Crippen LogP contribution in [0, 0.1) is 0 Å². The average molecular weight is 1390 g/mol. The predicted octanol–water partition coefficient (Wildman–Crippen LogP) is 11.8. The van der Waals surface area contributed by atoms with Crippen LogP contribution in [-0.4, -0.2) is 193 Å². The number of amides is 1. The van der Waals surface area contributed by atoms with Gasteiger partial charge in [-0.2, -0.15) is 0 Å². The van der Waals surface area contributed by atoms with E-state index in [4.69, 9.17) is 28.4 Å². The first-order valence-electron chi connectivity index (χ1n) is 38.1. The molecular weight excluding hydrogens is 1250 g/mol. The molecular formula is C79H135NO18. The van der Waals surface area contributed by atoms with E-state index in [2.05, 4.69) is 116 Å². The van der Waals surface area contributed by atoms with Crippen LogP contribution in [0.1, 0.15) is 251 Å². The molecule has 564 valence electrons. The van der Waals surface area contributed by atoms with Crippen LogP contribution in [0.3, 0.4) is 0 Å². The lowest BCUT2D eigenvalue weighted by Crippen LogP contribution is -2.66. The molecule has 0 aromatic heterocycles. The summed E-state index contributed by atoms with van der Waals surface area (Å²) in [6.45, 7) is 1.58. The van der Waals surface area contributed by atoms with Gasteiger partial charge >= 0.3 is 0 Å². The lowest BCUT2D eigenvalue weighted by Gasteiger charge is -2.48. The maximum absolute atomic E-state index is 13.4. The number of carbonyl (C=O) groups is 1. The van der Waals surface area contributed by atoms with Crippen molar-refractivity contribution in [3.8, 4) is 0 Å². The first kappa shape index (κ1) is 88.7. The zero-order valence-corrected chi connectivity index (χ0v) is 60.0. The minimum absolute atomic E-state index is 0.228. The van der Waals surface area contributed by atoms with E-state index in [0.29, 0.717) is 12.8 Å². The van der Waals surface area contributed by atoms with E-state index in [9.17, 15) is 61.0 Å². The largest absolute Gasteiger partial charge is 0.394 e. The Morgan fingerprint density at radius 2 is 0.714 bits per heavy atom. The highest BCUT2D eigenvalue weighted by Gasteiger charge is 2.53. The highest BCUT2D eigenvalue weighted by Crippen LogP contribution is 2.33. The van der Waals surface area contributed by atoms with E-state index in [1.807, 2.05) is 6.08 Å². The molecule has 0 bridgehead atoms. The number of ether oxygens (including phenoxy) is 6. The molecule has 98 heavy (non-hydrogen) atoms. The van der Waals surface area contributed by atoms with Crippen molar-refractivity contribution in [1.29, 1.82) is 0 Å². The Hall–Kier alpha value is -3.55. The molecule has 3 rings (SSSR count). The number of rotatable bonds is 58. The van der Waals surface area contributed by atoms with Gasteiger partial charge in [-0.3, -0.25) is 4.79 Å². The second kappa shape index (κ2) is 58.9. The fraction of sp³-hybridized carbons (Fsp3) is 0.759. The van der Waals surface area contributed by atoms with E-state index in [-0.39, 0.29) is 18.9 Å². The van der Waals surface area contributed by atoms with Crippen LogP contribution < -0.4 is 5.32 Å². The number of allylic oxidation sites excluding steroid dienone is 17. The van der Waals surface area contributed by atoms with E-state index < -0.39 is 124 Å². The number of nitrogens with one attached hydrogen (secondary N) is 1. The molecule has 3 saturated heterocycles. The first-order valence-corrected chi connectivity index (χ1v) is 38.1. The standard InChI is InChI=1S/C79H135NO18/c1-3-5-7-9-11-13-15-17-19-21-22-23-24-25-26-27-28-29-30-31-32-33-34-35-36-37-38-39-40-41-43-45-47-49-51-53-55-57-67(85)80-62(63(84)56-54-52-50-48-46-44-42-20-18-16-14-12-10-8-6-4-2)61-93-77-73(91)70(88)75(65(59-82)95-77)98-79-74(92)71(89)76(66(60-83)96-79)97-78-72(90)69(87)68(86)64(58-81)94-78/h5,7,11,13,17-20,22-23,25-26,28-29,46,48,54,56,62-66,68-79,81-84,86-92H,3-4,6,8-10,12,14-16,21,24,27,30-45,47,49-53,55,57-61H2,1-2H3,(H,80,85)/b7-5-,13-11-,19-17-,20-18+,23-22-,26-25-,29-28-,48-46+,56-54+. The Bertz CT molecular complexity index is 2200. The van der Waals surface area contributed by atoms with Crippen LogP contribution in [0.5, 0.6) is 0 Å². The van der Waals surface area contributed by atoms with Crippen molar-refractivity contribution in [2.24, 2.45) is 0 Å². The molecule has 0 spiro atoms. The lowest BCUT2D eigenvalue weighted by atomic mass is 9.96. The molecule has 3 fully saturated rings. The van der Waals surface area contributed by atoms with Crippen molar-refractivity contribution >= 4 is 5.91 Å².